The molecule has 0 spiro atoms. The van der Waals surface area contributed by atoms with Crippen molar-refractivity contribution in [2.45, 2.75) is 18.5 Å². The summed E-state index contributed by atoms with van der Waals surface area (Å²) in [5.41, 5.74) is 0.802. The summed E-state index contributed by atoms with van der Waals surface area (Å²) in [6.07, 6.45) is -4.13. The molecule has 1 unspecified atom stereocenters. The van der Waals surface area contributed by atoms with E-state index in [9.17, 15) is 22.8 Å². The number of ether oxygens (including phenoxy) is 3. The fraction of sp³-hybridized carbons (Fsp3) is 0.310. The Morgan fingerprint density at radius 2 is 1.54 bits per heavy atom. The Balaban J connectivity index is 1.85. The number of nitrogens with one attached hydrogen (secondary N) is 1. The van der Waals surface area contributed by atoms with Gasteiger partial charge in [0.1, 0.15) is 5.92 Å². The van der Waals surface area contributed by atoms with Crippen molar-refractivity contribution in [3.8, 4) is 11.5 Å². The largest absolute Gasteiger partial charge is 0.493 e. The quantitative estimate of drug-likeness (QED) is 0.319. The molecular weight excluding hydrogens is 513 g/mol. The average molecular weight is 545 g/mol. The van der Waals surface area contributed by atoms with Gasteiger partial charge in [-0.2, -0.15) is 13.2 Å². The van der Waals surface area contributed by atoms with Gasteiger partial charge < -0.3 is 24.4 Å². The number of nitrogens with zero attached hydrogens (tertiary/aromatic N) is 1. The van der Waals surface area contributed by atoms with Gasteiger partial charge in [0.2, 0.25) is 11.8 Å². The van der Waals surface area contributed by atoms with Gasteiger partial charge in [-0.25, -0.2) is 0 Å². The fourth-order valence-electron chi connectivity index (χ4n) is 4.02. The third kappa shape index (κ3) is 7.97. The number of carbonyl (C=O) groups is 2. The van der Waals surface area contributed by atoms with Crippen molar-refractivity contribution in [2.24, 2.45) is 0 Å². The Morgan fingerprint density at radius 3 is 2.13 bits per heavy atom. The van der Waals surface area contributed by atoms with Crippen LogP contribution in [-0.4, -0.2) is 57.7 Å². The number of hydrogen-bond acceptors (Lipinski definition) is 5. The van der Waals surface area contributed by atoms with E-state index in [-0.39, 0.29) is 19.7 Å². The van der Waals surface area contributed by atoms with Crippen LogP contribution in [0.15, 0.2) is 72.8 Å². The average Bonchev–Trinajstić information content (AvgIpc) is 2.93. The first-order valence-corrected chi connectivity index (χ1v) is 12.2. The Hall–Kier alpha value is -4.05. The summed E-state index contributed by atoms with van der Waals surface area (Å²) in [6.45, 7) is 0.598. The lowest BCUT2D eigenvalue weighted by atomic mass is 9.96. The highest BCUT2D eigenvalue weighted by Gasteiger charge is 2.33. The molecule has 3 rings (SSSR count). The van der Waals surface area contributed by atoms with Crippen molar-refractivity contribution < 1.29 is 37.0 Å². The summed E-state index contributed by atoms with van der Waals surface area (Å²) in [4.78, 5) is 28.8. The van der Waals surface area contributed by atoms with Crippen LogP contribution >= 0.6 is 0 Å². The molecule has 2 amide bonds. The summed E-state index contributed by atoms with van der Waals surface area (Å²) in [6, 6.07) is 18.3. The molecule has 0 saturated carbocycles. The summed E-state index contributed by atoms with van der Waals surface area (Å²) in [7, 11) is 4.47. The number of anilines is 1. The zero-order valence-electron chi connectivity index (χ0n) is 22.0. The molecule has 7 nitrogen and oxygen atoms in total. The molecule has 0 aliphatic rings. The van der Waals surface area contributed by atoms with Crippen LogP contribution in [0.4, 0.5) is 18.9 Å². The smallest absolute Gasteiger partial charge is 0.416 e. The lowest BCUT2D eigenvalue weighted by Gasteiger charge is -2.27. The molecule has 3 aromatic rings. The number of methoxy groups -OCH3 is 3. The Labute approximate surface area is 225 Å². The predicted molar refractivity (Wildman–Crippen MR) is 141 cm³/mol. The number of halogens is 3. The van der Waals surface area contributed by atoms with Crippen molar-refractivity contribution in [3.63, 3.8) is 0 Å². The number of benzene rings is 3. The van der Waals surface area contributed by atoms with E-state index in [1.807, 2.05) is 0 Å². The van der Waals surface area contributed by atoms with Crippen LogP contribution in [0.25, 0.3) is 0 Å². The second-order valence-corrected chi connectivity index (χ2v) is 8.67. The van der Waals surface area contributed by atoms with Gasteiger partial charge in [0.15, 0.2) is 11.5 Å². The van der Waals surface area contributed by atoms with Crippen LogP contribution in [0.2, 0.25) is 0 Å². The highest BCUT2D eigenvalue weighted by Crippen LogP contribution is 2.31. The maximum absolute atomic E-state index is 13.8. The number of alkyl halides is 3. The van der Waals surface area contributed by atoms with Gasteiger partial charge in [-0.05, 0) is 41.8 Å². The Kier molecular flexibility index (Phi) is 10.3. The first kappa shape index (κ1) is 29.5. The minimum Gasteiger partial charge on any atom is -0.493 e. The zero-order chi connectivity index (χ0) is 28.4. The Morgan fingerprint density at radius 1 is 0.872 bits per heavy atom. The first-order valence-electron chi connectivity index (χ1n) is 12.2. The Bertz CT molecular complexity index is 1230. The highest BCUT2D eigenvalue weighted by molar-refractivity contribution is 6.11. The van der Waals surface area contributed by atoms with Crippen LogP contribution in [0.5, 0.6) is 11.5 Å². The molecule has 0 heterocycles. The molecule has 1 atom stereocenters. The monoisotopic (exact) mass is 544 g/mol. The van der Waals surface area contributed by atoms with Crippen LogP contribution in [0.3, 0.4) is 0 Å². The third-order valence-corrected chi connectivity index (χ3v) is 6.12. The number of rotatable bonds is 12. The van der Waals surface area contributed by atoms with E-state index in [0.29, 0.717) is 34.7 Å². The minimum atomic E-state index is -4.43. The SMILES string of the molecule is COCCN(CCc1ccc(C(F)(F)F)cc1)C(=O)C(C(=O)Nc1ccc(OC)c(OC)c1)c1ccccc1. The van der Waals surface area contributed by atoms with E-state index in [1.54, 1.807) is 48.5 Å². The standard InChI is InChI=1S/C29H31F3N2O5/c1-37-18-17-34(16-15-20-9-11-22(12-10-20)29(30,31)32)28(36)26(21-7-5-4-6-8-21)27(35)33-23-13-14-24(38-2)25(19-23)39-3/h4-14,19,26H,15-18H2,1-3H3,(H,33,35). The van der Waals surface area contributed by atoms with Gasteiger partial charge in [0.05, 0.1) is 26.4 Å². The third-order valence-electron chi connectivity index (χ3n) is 6.12. The van der Waals surface area contributed by atoms with Crippen LogP contribution in [0, 0.1) is 0 Å². The second kappa shape index (κ2) is 13.7. The summed E-state index contributed by atoms with van der Waals surface area (Å²) in [5.74, 6) is -1.28. The summed E-state index contributed by atoms with van der Waals surface area (Å²) >= 11 is 0. The minimum absolute atomic E-state index is 0.181. The van der Waals surface area contributed by atoms with Crippen LogP contribution in [0.1, 0.15) is 22.6 Å². The van der Waals surface area contributed by atoms with Gasteiger partial charge in [-0.3, -0.25) is 9.59 Å². The van der Waals surface area contributed by atoms with E-state index in [1.165, 1.54) is 38.4 Å². The van der Waals surface area contributed by atoms with Crippen molar-refractivity contribution in [1.82, 2.24) is 4.90 Å². The zero-order valence-corrected chi connectivity index (χ0v) is 22.0. The van der Waals surface area contributed by atoms with Gasteiger partial charge in [-0.1, -0.05) is 42.5 Å². The number of carbonyl (C=O) groups excluding carboxylic acids is 2. The molecule has 39 heavy (non-hydrogen) atoms. The molecule has 0 aliphatic carbocycles. The molecule has 0 aromatic heterocycles. The molecule has 0 saturated heterocycles. The van der Waals surface area contributed by atoms with E-state index < -0.39 is 29.5 Å². The first-order chi connectivity index (χ1) is 18.7. The van der Waals surface area contributed by atoms with Gasteiger partial charge in [0.25, 0.3) is 0 Å². The molecule has 1 N–H and O–H groups in total. The van der Waals surface area contributed by atoms with Crippen molar-refractivity contribution in [3.05, 3.63) is 89.5 Å². The van der Waals surface area contributed by atoms with Gasteiger partial charge in [-0.15, -0.1) is 0 Å². The fourth-order valence-corrected chi connectivity index (χ4v) is 4.02. The summed E-state index contributed by atoms with van der Waals surface area (Å²) in [5, 5.41) is 2.79. The van der Waals surface area contributed by atoms with E-state index in [4.69, 9.17) is 14.2 Å². The lowest BCUT2D eigenvalue weighted by molar-refractivity contribution is -0.138. The highest BCUT2D eigenvalue weighted by atomic mass is 19.4. The molecule has 10 heteroatoms. The van der Waals surface area contributed by atoms with Gasteiger partial charge in [0, 0.05) is 32.0 Å². The van der Waals surface area contributed by atoms with Crippen molar-refractivity contribution in [2.75, 3.05) is 46.3 Å². The maximum atomic E-state index is 13.8. The number of amides is 2. The van der Waals surface area contributed by atoms with Crippen LogP contribution in [-0.2, 0) is 26.9 Å². The molecule has 0 aliphatic heterocycles. The molecule has 0 fully saturated rings. The topological polar surface area (TPSA) is 77.1 Å². The normalized spacial score (nSPS) is 11.9. The molecule has 3 aromatic carbocycles. The van der Waals surface area contributed by atoms with Crippen molar-refractivity contribution in [1.29, 1.82) is 0 Å². The van der Waals surface area contributed by atoms with Crippen molar-refractivity contribution >= 4 is 17.5 Å². The lowest BCUT2D eigenvalue weighted by Crippen LogP contribution is -2.42. The predicted octanol–water partition coefficient (Wildman–Crippen LogP) is 5.16. The maximum Gasteiger partial charge on any atom is 0.416 e. The number of hydrogen-bond donors (Lipinski definition) is 1. The molecule has 0 bridgehead atoms. The molecular formula is C29H31F3N2O5. The van der Waals surface area contributed by atoms with E-state index in [2.05, 4.69) is 5.32 Å². The molecule has 208 valence electrons. The second-order valence-electron chi connectivity index (χ2n) is 8.67. The van der Waals surface area contributed by atoms with E-state index >= 15 is 0 Å². The van der Waals surface area contributed by atoms with E-state index in [0.717, 1.165) is 12.1 Å². The summed E-state index contributed by atoms with van der Waals surface area (Å²) < 4.78 is 54.5. The van der Waals surface area contributed by atoms with Gasteiger partial charge >= 0.3 is 6.18 Å². The van der Waals surface area contributed by atoms with Crippen LogP contribution < -0.4 is 14.8 Å². The molecule has 0 radical (unpaired) electrons.